The maximum atomic E-state index is 13.5. The zero-order valence-corrected chi connectivity index (χ0v) is 12.6. The highest BCUT2D eigenvalue weighted by Crippen LogP contribution is 2.33. The highest BCUT2D eigenvalue weighted by molar-refractivity contribution is 9.10. The smallest absolute Gasteiger partial charge is 0.288 e. The van der Waals surface area contributed by atoms with Crippen LogP contribution in [-0.2, 0) is 0 Å². The van der Waals surface area contributed by atoms with Gasteiger partial charge in [-0.05, 0) is 28.1 Å². The molecule has 0 unspecified atom stereocenters. The van der Waals surface area contributed by atoms with E-state index in [1.807, 2.05) is 0 Å². The Morgan fingerprint density at radius 1 is 1.25 bits per heavy atom. The fourth-order valence-electron chi connectivity index (χ4n) is 1.30. The zero-order chi connectivity index (χ0) is 14.9. The molecule has 0 fully saturated rings. The monoisotopic (exact) mass is 408 g/mol. The Morgan fingerprint density at radius 3 is 2.55 bits per heavy atom. The van der Waals surface area contributed by atoms with Gasteiger partial charge in [0.15, 0.2) is 11.6 Å². The summed E-state index contributed by atoms with van der Waals surface area (Å²) in [6, 6.07) is 3.31. The Bertz CT molecular complexity index is 698. The molecular weight excluding hydrogens is 406 g/mol. The van der Waals surface area contributed by atoms with Gasteiger partial charge in [0.1, 0.15) is 6.20 Å². The molecule has 0 atom stereocenters. The Kier molecular flexibility index (Phi) is 4.29. The number of aromatic nitrogens is 1. The molecule has 5 nitrogen and oxygen atoms in total. The third kappa shape index (κ3) is 3.10. The van der Waals surface area contributed by atoms with Gasteiger partial charge in [-0.3, -0.25) is 10.1 Å². The van der Waals surface area contributed by atoms with Gasteiger partial charge in [-0.2, -0.15) is 4.39 Å². The lowest BCUT2D eigenvalue weighted by Crippen LogP contribution is -1.96. The van der Waals surface area contributed by atoms with E-state index in [9.17, 15) is 18.9 Å². The topological polar surface area (TPSA) is 65.3 Å². The van der Waals surface area contributed by atoms with Crippen LogP contribution in [0.5, 0.6) is 11.6 Å². The molecule has 9 heteroatoms. The summed E-state index contributed by atoms with van der Waals surface area (Å²) >= 11 is 6.02. The van der Waals surface area contributed by atoms with Crippen LogP contribution in [0.25, 0.3) is 0 Å². The van der Waals surface area contributed by atoms with Crippen LogP contribution in [0.3, 0.4) is 0 Å². The summed E-state index contributed by atoms with van der Waals surface area (Å²) < 4.78 is 32.3. The third-order valence-electron chi connectivity index (χ3n) is 2.17. The average molecular weight is 410 g/mol. The molecule has 1 aromatic carbocycles. The van der Waals surface area contributed by atoms with Gasteiger partial charge in [0.05, 0.1) is 9.40 Å². The molecule has 0 N–H and O–H groups in total. The SMILES string of the molecule is O=[N+]([O-])c1cnc(Oc2cc(Br)cc(F)c2F)c(Br)c1. The van der Waals surface area contributed by atoms with Crippen molar-refractivity contribution in [3.05, 3.63) is 55.1 Å². The van der Waals surface area contributed by atoms with Gasteiger partial charge < -0.3 is 4.74 Å². The van der Waals surface area contributed by atoms with Crippen LogP contribution < -0.4 is 4.74 Å². The minimum absolute atomic E-state index is 0.119. The average Bonchev–Trinajstić information content (AvgIpc) is 2.37. The Labute approximate surface area is 128 Å². The number of hydrogen-bond donors (Lipinski definition) is 0. The van der Waals surface area contributed by atoms with E-state index in [4.69, 9.17) is 4.74 Å². The van der Waals surface area contributed by atoms with Crippen LogP contribution in [0, 0.1) is 21.7 Å². The first-order chi connectivity index (χ1) is 9.38. The Morgan fingerprint density at radius 2 is 1.95 bits per heavy atom. The van der Waals surface area contributed by atoms with Gasteiger partial charge >= 0.3 is 0 Å². The molecule has 0 aliphatic heterocycles. The predicted molar refractivity (Wildman–Crippen MR) is 72.7 cm³/mol. The van der Waals surface area contributed by atoms with Crippen LogP contribution >= 0.6 is 31.9 Å². The van der Waals surface area contributed by atoms with Gasteiger partial charge in [-0.15, -0.1) is 0 Å². The first-order valence-electron chi connectivity index (χ1n) is 5.01. The number of nitrogens with zero attached hydrogens (tertiary/aromatic N) is 2. The van der Waals surface area contributed by atoms with Crippen LogP contribution in [0.4, 0.5) is 14.5 Å². The molecule has 2 rings (SSSR count). The van der Waals surface area contributed by atoms with Gasteiger partial charge in [0.2, 0.25) is 11.7 Å². The van der Waals surface area contributed by atoms with Crippen molar-refractivity contribution in [3.63, 3.8) is 0 Å². The number of ether oxygens (including phenoxy) is 1. The van der Waals surface area contributed by atoms with Crippen molar-refractivity contribution < 1.29 is 18.4 Å². The van der Waals surface area contributed by atoms with Crippen LogP contribution in [-0.4, -0.2) is 9.91 Å². The summed E-state index contributed by atoms with van der Waals surface area (Å²) in [5.41, 5.74) is -0.259. The lowest BCUT2D eigenvalue weighted by atomic mass is 10.3. The lowest BCUT2D eigenvalue weighted by Gasteiger charge is -2.08. The summed E-state index contributed by atoms with van der Waals surface area (Å²) in [5, 5.41) is 10.6. The van der Waals surface area contributed by atoms with Gasteiger partial charge in [-0.1, -0.05) is 15.9 Å². The zero-order valence-electron chi connectivity index (χ0n) is 9.44. The van der Waals surface area contributed by atoms with E-state index in [0.717, 1.165) is 18.3 Å². The van der Waals surface area contributed by atoms with Crippen LogP contribution in [0.1, 0.15) is 0 Å². The van der Waals surface area contributed by atoms with E-state index in [-0.39, 0.29) is 26.3 Å². The minimum Gasteiger partial charge on any atom is -0.435 e. The van der Waals surface area contributed by atoms with Gasteiger partial charge in [0.25, 0.3) is 5.69 Å². The molecule has 20 heavy (non-hydrogen) atoms. The number of pyridine rings is 1. The van der Waals surface area contributed by atoms with Crippen molar-refractivity contribution in [2.45, 2.75) is 0 Å². The molecule has 2 aromatic rings. The lowest BCUT2D eigenvalue weighted by molar-refractivity contribution is -0.385. The van der Waals surface area contributed by atoms with E-state index in [1.54, 1.807) is 0 Å². The van der Waals surface area contributed by atoms with Crippen molar-refractivity contribution in [2.24, 2.45) is 0 Å². The van der Waals surface area contributed by atoms with Gasteiger partial charge in [0, 0.05) is 10.5 Å². The fraction of sp³-hybridized carbons (Fsp3) is 0. The Balaban J connectivity index is 2.38. The standard InChI is InChI=1S/C11H4Br2F2N2O3/c12-5-1-8(14)10(15)9(2-5)20-11-7(13)3-6(4-16-11)17(18)19/h1-4H. The summed E-state index contributed by atoms with van der Waals surface area (Å²) in [7, 11) is 0. The molecule has 0 radical (unpaired) electrons. The maximum absolute atomic E-state index is 13.5. The second kappa shape index (κ2) is 5.80. The molecule has 104 valence electrons. The van der Waals surface area contributed by atoms with E-state index in [1.165, 1.54) is 6.07 Å². The summed E-state index contributed by atoms with van der Waals surface area (Å²) in [4.78, 5) is 13.6. The molecular formula is C11H4Br2F2N2O3. The first-order valence-corrected chi connectivity index (χ1v) is 6.59. The summed E-state index contributed by atoms with van der Waals surface area (Å²) in [5.74, 6) is -2.78. The molecule has 0 aliphatic carbocycles. The maximum Gasteiger partial charge on any atom is 0.288 e. The second-order valence-electron chi connectivity index (χ2n) is 3.54. The molecule has 0 spiro atoms. The molecule has 1 aromatic heterocycles. The van der Waals surface area contributed by atoms with Crippen molar-refractivity contribution in [2.75, 3.05) is 0 Å². The number of benzene rings is 1. The molecule has 0 amide bonds. The molecule has 0 bridgehead atoms. The van der Waals surface area contributed by atoms with Crippen molar-refractivity contribution in [1.82, 2.24) is 4.98 Å². The largest absolute Gasteiger partial charge is 0.435 e. The second-order valence-corrected chi connectivity index (χ2v) is 5.31. The quantitative estimate of drug-likeness (QED) is 0.422. The minimum atomic E-state index is -1.18. The Hall–Kier alpha value is -1.61. The molecule has 0 saturated carbocycles. The van der Waals surface area contributed by atoms with Crippen molar-refractivity contribution >= 4 is 37.5 Å². The highest BCUT2D eigenvalue weighted by atomic mass is 79.9. The van der Waals surface area contributed by atoms with E-state index in [0.29, 0.717) is 0 Å². The number of hydrogen-bond acceptors (Lipinski definition) is 4. The number of rotatable bonds is 3. The predicted octanol–water partition coefficient (Wildman–Crippen LogP) is 4.59. The third-order valence-corrected chi connectivity index (χ3v) is 3.20. The van der Waals surface area contributed by atoms with E-state index >= 15 is 0 Å². The van der Waals surface area contributed by atoms with E-state index < -0.39 is 16.6 Å². The number of nitro groups is 1. The normalized spacial score (nSPS) is 10.4. The molecule has 0 saturated heterocycles. The van der Waals surface area contributed by atoms with Crippen LogP contribution in [0.15, 0.2) is 33.3 Å². The van der Waals surface area contributed by atoms with E-state index in [2.05, 4.69) is 36.8 Å². The first kappa shape index (κ1) is 14.8. The highest BCUT2D eigenvalue weighted by Gasteiger charge is 2.16. The van der Waals surface area contributed by atoms with Crippen molar-refractivity contribution in [1.29, 1.82) is 0 Å². The number of halogens is 4. The molecule has 1 heterocycles. The molecule has 0 aliphatic rings. The van der Waals surface area contributed by atoms with Gasteiger partial charge in [-0.25, -0.2) is 9.37 Å². The van der Waals surface area contributed by atoms with Crippen LogP contribution in [0.2, 0.25) is 0 Å². The fourth-order valence-corrected chi connectivity index (χ4v) is 2.13. The summed E-state index contributed by atoms with van der Waals surface area (Å²) in [6.07, 6.45) is 0.951. The summed E-state index contributed by atoms with van der Waals surface area (Å²) in [6.45, 7) is 0. The van der Waals surface area contributed by atoms with Crippen molar-refractivity contribution in [3.8, 4) is 11.6 Å².